The summed E-state index contributed by atoms with van der Waals surface area (Å²) in [6.07, 6.45) is 5.07. The second-order valence-electron chi connectivity index (χ2n) is 6.18. The third kappa shape index (κ3) is 5.71. The van der Waals surface area contributed by atoms with Crippen LogP contribution < -0.4 is 10.6 Å². The summed E-state index contributed by atoms with van der Waals surface area (Å²) in [4.78, 5) is 18.2. The van der Waals surface area contributed by atoms with Gasteiger partial charge in [0.1, 0.15) is 0 Å². The molecule has 6 nitrogen and oxygen atoms in total. The van der Waals surface area contributed by atoms with Crippen LogP contribution in [0.2, 0.25) is 0 Å². The number of aryl methyl sites for hydroxylation is 1. The number of nitrogens with zero attached hydrogens (tertiary/aromatic N) is 3. The molecule has 23 heavy (non-hydrogen) atoms. The number of hydrogen-bond donors (Lipinski definition) is 2. The van der Waals surface area contributed by atoms with Crippen molar-refractivity contribution in [3.63, 3.8) is 0 Å². The standard InChI is InChI=1S/C16H27N5O.HI/c1-12(2)15(22)21-8-6-14(11-21)19-16(17-3)18-9-13-5-7-20(4)10-13;/h5,7,10,12,14H,6,8-9,11H2,1-4H3,(H2,17,18,19);1H. The van der Waals surface area contributed by atoms with E-state index in [-0.39, 0.29) is 41.8 Å². The molecule has 1 amide bonds. The normalized spacial score (nSPS) is 18.0. The van der Waals surface area contributed by atoms with Gasteiger partial charge >= 0.3 is 0 Å². The molecule has 0 aromatic carbocycles. The van der Waals surface area contributed by atoms with Crippen LogP contribution in [0.15, 0.2) is 23.5 Å². The van der Waals surface area contributed by atoms with Gasteiger partial charge < -0.3 is 20.1 Å². The topological polar surface area (TPSA) is 61.7 Å². The Balaban J connectivity index is 0.00000264. The molecule has 1 aliphatic rings. The molecule has 2 N–H and O–H groups in total. The molecule has 0 aliphatic carbocycles. The van der Waals surface area contributed by atoms with E-state index in [1.807, 2.05) is 36.6 Å². The SMILES string of the molecule is CN=C(NCc1ccn(C)c1)NC1CCN(C(=O)C(C)C)C1.I. The maximum Gasteiger partial charge on any atom is 0.225 e. The fourth-order valence-corrected chi connectivity index (χ4v) is 2.68. The van der Waals surface area contributed by atoms with Crippen molar-refractivity contribution in [1.29, 1.82) is 0 Å². The number of amides is 1. The highest BCUT2D eigenvalue weighted by Crippen LogP contribution is 2.12. The maximum absolute atomic E-state index is 12.0. The minimum Gasteiger partial charge on any atom is -0.357 e. The van der Waals surface area contributed by atoms with Gasteiger partial charge in [-0.3, -0.25) is 9.79 Å². The van der Waals surface area contributed by atoms with Gasteiger partial charge in [0.2, 0.25) is 5.91 Å². The Hall–Kier alpha value is -1.25. The Morgan fingerprint density at radius 3 is 2.78 bits per heavy atom. The van der Waals surface area contributed by atoms with Gasteiger partial charge in [0.15, 0.2) is 5.96 Å². The van der Waals surface area contributed by atoms with Crippen LogP contribution in [0.4, 0.5) is 0 Å². The highest BCUT2D eigenvalue weighted by Gasteiger charge is 2.27. The number of carbonyl (C=O) groups is 1. The van der Waals surface area contributed by atoms with Gasteiger partial charge in [-0.15, -0.1) is 24.0 Å². The number of hydrogen-bond acceptors (Lipinski definition) is 2. The molecule has 1 aliphatic heterocycles. The maximum atomic E-state index is 12.0. The molecule has 0 saturated carbocycles. The molecule has 1 unspecified atom stereocenters. The van der Waals surface area contributed by atoms with Crippen LogP contribution in [0.3, 0.4) is 0 Å². The van der Waals surface area contributed by atoms with Gasteiger partial charge in [0, 0.05) is 58.1 Å². The van der Waals surface area contributed by atoms with E-state index in [0.29, 0.717) is 0 Å². The summed E-state index contributed by atoms with van der Waals surface area (Å²) in [7, 11) is 3.78. The molecule has 2 rings (SSSR count). The number of guanidine groups is 1. The lowest BCUT2D eigenvalue weighted by atomic mass is 10.2. The van der Waals surface area contributed by atoms with Crippen LogP contribution in [-0.2, 0) is 18.4 Å². The van der Waals surface area contributed by atoms with E-state index in [4.69, 9.17) is 0 Å². The van der Waals surface area contributed by atoms with E-state index in [1.54, 1.807) is 7.05 Å². The number of aliphatic imine (C=N–C) groups is 1. The molecular weight excluding hydrogens is 405 g/mol. The number of halogens is 1. The van der Waals surface area contributed by atoms with Gasteiger partial charge in [-0.2, -0.15) is 0 Å². The summed E-state index contributed by atoms with van der Waals surface area (Å²) in [6, 6.07) is 2.35. The third-order valence-corrected chi connectivity index (χ3v) is 3.91. The molecule has 0 spiro atoms. The Labute approximate surface area is 155 Å². The van der Waals surface area contributed by atoms with Gasteiger partial charge in [0.05, 0.1) is 0 Å². The molecular formula is C16H28IN5O. The summed E-state index contributed by atoms with van der Waals surface area (Å²) in [5, 5.41) is 6.72. The van der Waals surface area contributed by atoms with Gasteiger partial charge in [-0.1, -0.05) is 13.8 Å². The van der Waals surface area contributed by atoms with Crippen LogP contribution >= 0.6 is 24.0 Å². The summed E-state index contributed by atoms with van der Waals surface area (Å²) in [5.41, 5.74) is 1.22. The first-order valence-electron chi connectivity index (χ1n) is 7.86. The summed E-state index contributed by atoms with van der Waals surface area (Å²) >= 11 is 0. The van der Waals surface area contributed by atoms with Crippen molar-refractivity contribution >= 4 is 35.8 Å². The largest absolute Gasteiger partial charge is 0.357 e. The lowest BCUT2D eigenvalue weighted by Gasteiger charge is -2.20. The summed E-state index contributed by atoms with van der Waals surface area (Å²) < 4.78 is 2.03. The average Bonchev–Trinajstić information content (AvgIpc) is 3.11. The zero-order valence-electron chi connectivity index (χ0n) is 14.4. The predicted octanol–water partition coefficient (Wildman–Crippen LogP) is 1.56. The van der Waals surface area contributed by atoms with Crippen molar-refractivity contribution in [3.05, 3.63) is 24.0 Å². The van der Waals surface area contributed by atoms with Crippen molar-refractivity contribution < 1.29 is 4.79 Å². The van der Waals surface area contributed by atoms with Gasteiger partial charge in [-0.25, -0.2) is 0 Å². The Morgan fingerprint density at radius 2 is 2.22 bits per heavy atom. The molecule has 130 valence electrons. The predicted molar refractivity (Wildman–Crippen MR) is 104 cm³/mol. The van der Waals surface area contributed by atoms with E-state index in [0.717, 1.165) is 32.0 Å². The zero-order valence-corrected chi connectivity index (χ0v) is 16.7. The van der Waals surface area contributed by atoms with E-state index in [1.165, 1.54) is 5.56 Å². The van der Waals surface area contributed by atoms with Crippen LogP contribution in [-0.4, -0.2) is 47.5 Å². The van der Waals surface area contributed by atoms with E-state index >= 15 is 0 Å². The molecule has 1 saturated heterocycles. The average molecular weight is 433 g/mol. The molecule has 1 atom stereocenters. The van der Waals surface area contributed by atoms with Gasteiger partial charge in [0.25, 0.3) is 0 Å². The van der Waals surface area contributed by atoms with Crippen molar-refractivity contribution in [3.8, 4) is 0 Å². The minimum absolute atomic E-state index is 0. The second kappa shape index (κ2) is 9.14. The first-order valence-corrected chi connectivity index (χ1v) is 7.86. The third-order valence-electron chi connectivity index (χ3n) is 3.91. The van der Waals surface area contributed by atoms with Crippen LogP contribution in [0, 0.1) is 5.92 Å². The second-order valence-corrected chi connectivity index (χ2v) is 6.18. The molecule has 1 aromatic rings. The van der Waals surface area contributed by atoms with Gasteiger partial charge in [-0.05, 0) is 18.1 Å². The number of carbonyl (C=O) groups excluding carboxylic acids is 1. The highest BCUT2D eigenvalue weighted by molar-refractivity contribution is 14.0. The lowest BCUT2D eigenvalue weighted by Crippen LogP contribution is -2.45. The lowest BCUT2D eigenvalue weighted by molar-refractivity contribution is -0.133. The zero-order chi connectivity index (χ0) is 16.1. The summed E-state index contributed by atoms with van der Waals surface area (Å²) in [6.45, 7) is 6.21. The van der Waals surface area contributed by atoms with Crippen molar-refractivity contribution in [1.82, 2.24) is 20.1 Å². The summed E-state index contributed by atoms with van der Waals surface area (Å²) in [5.74, 6) is 1.08. The molecule has 1 fully saturated rings. The molecule has 0 radical (unpaired) electrons. The fraction of sp³-hybridized carbons (Fsp3) is 0.625. The monoisotopic (exact) mass is 433 g/mol. The molecule has 0 bridgehead atoms. The van der Waals surface area contributed by atoms with Crippen LogP contribution in [0.5, 0.6) is 0 Å². The highest BCUT2D eigenvalue weighted by atomic mass is 127. The number of aromatic nitrogens is 1. The number of rotatable bonds is 4. The van der Waals surface area contributed by atoms with E-state index < -0.39 is 0 Å². The van der Waals surface area contributed by atoms with Crippen LogP contribution in [0.25, 0.3) is 0 Å². The molecule has 7 heteroatoms. The van der Waals surface area contributed by atoms with Crippen molar-refractivity contribution in [2.24, 2.45) is 18.0 Å². The minimum atomic E-state index is 0. The molecule has 2 heterocycles. The van der Waals surface area contributed by atoms with E-state index in [9.17, 15) is 4.79 Å². The molecule has 1 aromatic heterocycles. The fourth-order valence-electron chi connectivity index (χ4n) is 2.68. The quantitative estimate of drug-likeness (QED) is 0.431. The smallest absolute Gasteiger partial charge is 0.225 e. The number of likely N-dealkylation sites (tertiary alicyclic amines) is 1. The first-order chi connectivity index (χ1) is 10.5. The Bertz CT molecular complexity index is 540. The number of nitrogens with one attached hydrogen (secondary N) is 2. The van der Waals surface area contributed by atoms with Crippen LogP contribution in [0.1, 0.15) is 25.8 Å². The van der Waals surface area contributed by atoms with Crippen molar-refractivity contribution in [2.45, 2.75) is 32.9 Å². The first kappa shape index (κ1) is 19.8. The Morgan fingerprint density at radius 1 is 1.48 bits per heavy atom. The van der Waals surface area contributed by atoms with E-state index in [2.05, 4.69) is 27.9 Å². The Kier molecular flexibility index (Phi) is 7.87. The van der Waals surface area contributed by atoms with Crippen molar-refractivity contribution in [2.75, 3.05) is 20.1 Å².